The third kappa shape index (κ3) is 9.24. The summed E-state index contributed by atoms with van der Waals surface area (Å²) < 4.78 is 18.7. The van der Waals surface area contributed by atoms with Gasteiger partial charge in [0.2, 0.25) is 0 Å². The van der Waals surface area contributed by atoms with Gasteiger partial charge in [-0.1, -0.05) is 9.05 Å². The first kappa shape index (κ1) is 19.5. The van der Waals surface area contributed by atoms with E-state index >= 15 is 0 Å². The molecular formula is C2H4K3O3P+. The molecule has 0 N–H and O–H groups in total. The van der Waals surface area contributed by atoms with Crippen molar-refractivity contribution < 1.29 is 13.6 Å². The molecule has 3 radical (unpaired) electrons. The summed E-state index contributed by atoms with van der Waals surface area (Å²) in [6.07, 6.45) is -0.242. The quantitative estimate of drug-likeness (QED) is 0.425. The largest absolute Gasteiger partial charge is 0.703 e. The van der Waals surface area contributed by atoms with Gasteiger partial charge in [-0.3, -0.25) is 0 Å². The summed E-state index contributed by atoms with van der Waals surface area (Å²) in [5.41, 5.74) is 0. The number of rotatable bonds is 0. The van der Waals surface area contributed by atoms with Crippen LogP contribution >= 0.6 is 8.25 Å². The monoisotopic (exact) mass is 224 g/mol. The van der Waals surface area contributed by atoms with E-state index in [9.17, 15) is 4.57 Å². The predicted octanol–water partition coefficient (Wildman–Crippen LogP) is -0.106. The van der Waals surface area contributed by atoms with Crippen LogP contribution in [0, 0.1) is 0 Å². The van der Waals surface area contributed by atoms with Gasteiger partial charge in [-0.25, -0.2) is 0 Å². The van der Waals surface area contributed by atoms with Gasteiger partial charge in [0.25, 0.3) is 6.29 Å². The van der Waals surface area contributed by atoms with E-state index < -0.39 is 8.25 Å². The van der Waals surface area contributed by atoms with Crippen molar-refractivity contribution in [2.75, 3.05) is 0 Å². The Labute approximate surface area is 183 Å². The Morgan fingerprint density at radius 2 is 1.56 bits per heavy atom. The summed E-state index contributed by atoms with van der Waals surface area (Å²) >= 11 is 0. The smallest absolute Gasteiger partial charge is 0.0819 e. The van der Waals surface area contributed by atoms with Gasteiger partial charge in [-0.2, -0.15) is 0 Å². The molecule has 0 aliphatic carbocycles. The van der Waals surface area contributed by atoms with E-state index in [2.05, 4.69) is 9.05 Å². The molecule has 0 saturated carbocycles. The van der Waals surface area contributed by atoms with Gasteiger partial charge in [-0.15, -0.1) is 0 Å². The zero-order valence-corrected chi connectivity index (χ0v) is 16.5. The van der Waals surface area contributed by atoms with Crippen molar-refractivity contribution in [3.63, 3.8) is 0 Å². The van der Waals surface area contributed by atoms with Crippen molar-refractivity contribution in [1.82, 2.24) is 0 Å². The summed E-state index contributed by atoms with van der Waals surface area (Å²) in [7, 11) is -1.71. The maximum absolute atomic E-state index is 9.81. The van der Waals surface area contributed by atoms with Crippen LogP contribution in [-0.4, -0.2) is 160 Å². The SMILES string of the molecule is CC1O[P+](=O)O1.[K].[K].[K]. The second kappa shape index (κ2) is 11.0. The maximum Gasteiger partial charge on any atom is 0.703 e. The van der Waals surface area contributed by atoms with Crippen LogP contribution in [-0.2, 0) is 13.6 Å². The molecule has 3 nitrogen and oxygen atoms in total. The standard InChI is InChI=1S/C2H4O3P.3K/c1-2-4-6(3)5-2;;;/h2H,1H3;;;/q+1;;;. The Morgan fingerprint density at radius 1 is 1.22 bits per heavy atom. The summed E-state index contributed by atoms with van der Waals surface area (Å²) in [6.45, 7) is 1.69. The molecule has 1 fully saturated rings. The molecule has 0 unspecified atom stereocenters. The predicted molar refractivity (Wildman–Crippen MR) is 36.5 cm³/mol. The van der Waals surface area contributed by atoms with Crippen LogP contribution in [0.15, 0.2) is 0 Å². The number of hydrogen-bond acceptors (Lipinski definition) is 3. The van der Waals surface area contributed by atoms with Crippen molar-refractivity contribution in [3.05, 3.63) is 0 Å². The average Bonchev–Trinajstić information content (AvgIpc) is 1.33. The second-order valence-electron chi connectivity index (χ2n) is 1.00. The van der Waals surface area contributed by atoms with Crippen LogP contribution in [0.25, 0.3) is 0 Å². The van der Waals surface area contributed by atoms with Crippen LogP contribution in [0.1, 0.15) is 6.92 Å². The first-order valence-corrected chi connectivity index (χ1v) is 2.69. The molecule has 0 aromatic heterocycles. The minimum Gasteiger partial charge on any atom is -0.0819 e. The normalized spacial score (nSPS) is 25.9. The van der Waals surface area contributed by atoms with E-state index in [0.717, 1.165) is 0 Å². The topological polar surface area (TPSA) is 35.5 Å². The van der Waals surface area contributed by atoms with Gasteiger partial charge >= 0.3 is 8.25 Å². The molecule has 1 aliphatic heterocycles. The summed E-state index contributed by atoms with van der Waals surface area (Å²) in [4.78, 5) is 0. The third-order valence-corrected chi connectivity index (χ3v) is 1.41. The van der Waals surface area contributed by atoms with Crippen LogP contribution in [0.3, 0.4) is 0 Å². The molecule has 1 aliphatic rings. The van der Waals surface area contributed by atoms with Crippen molar-refractivity contribution >= 4 is 162 Å². The van der Waals surface area contributed by atoms with E-state index in [-0.39, 0.29) is 160 Å². The fourth-order valence-electron chi connectivity index (χ4n) is 0.250. The molecule has 0 aromatic rings. The van der Waals surface area contributed by atoms with E-state index in [0.29, 0.717) is 0 Å². The van der Waals surface area contributed by atoms with Gasteiger partial charge in [0.15, 0.2) is 0 Å². The zero-order valence-electron chi connectivity index (χ0n) is 6.25. The Bertz CT molecular complexity index is 81.1. The van der Waals surface area contributed by atoms with E-state index in [1.807, 2.05) is 0 Å². The molecule has 1 heterocycles. The summed E-state index contributed by atoms with van der Waals surface area (Å²) in [5, 5.41) is 0. The van der Waals surface area contributed by atoms with Gasteiger partial charge in [-0.05, 0) is 6.92 Å². The summed E-state index contributed by atoms with van der Waals surface area (Å²) in [6, 6.07) is 0. The molecule has 0 aromatic carbocycles. The molecule has 0 bridgehead atoms. The fraction of sp³-hybridized carbons (Fsp3) is 1.00. The Morgan fingerprint density at radius 3 is 1.56 bits per heavy atom. The van der Waals surface area contributed by atoms with Crippen molar-refractivity contribution in [2.45, 2.75) is 13.2 Å². The molecule has 1 saturated heterocycles. The van der Waals surface area contributed by atoms with Crippen LogP contribution in [0.4, 0.5) is 0 Å². The maximum atomic E-state index is 9.81. The Hall–Kier alpha value is 4.93. The fourth-order valence-corrected chi connectivity index (χ4v) is 0.751. The molecule has 37 valence electrons. The second-order valence-corrected chi connectivity index (χ2v) is 1.87. The Balaban J connectivity index is -0.000000120. The van der Waals surface area contributed by atoms with Gasteiger partial charge in [0.05, 0.1) is 0 Å². The van der Waals surface area contributed by atoms with Crippen LogP contribution in [0.2, 0.25) is 0 Å². The molecule has 0 amide bonds. The summed E-state index contributed by atoms with van der Waals surface area (Å²) in [5.74, 6) is 0. The third-order valence-electron chi connectivity index (χ3n) is 0.469. The Kier molecular flexibility index (Phi) is 23.8. The van der Waals surface area contributed by atoms with Crippen molar-refractivity contribution in [1.29, 1.82) is 0 Å². The molecule has 0 spiro atoms. The van der Waals surface area contributed by atoms with Gasteiger partial charge in [0.1, 0.15) is 0 Å². The minimum absolute atomic E-state index is 0. The van der Waals surface area contributed by atoms with E-state index in [1.165, 1.54) is 0 Å². The van der Waals surface area contributed by atoms with Crippen molar-refractivity contribution in [2.24, 2.45) is 0 Å². The average molecular weight is 224 g/mol. The molecular weight excluding hydrogens is 220 g/mol. The van der Waals surface area contributed by atoms with Crippen molar-refractivity contribution in [3.8, 4) is 0 Å². The van der Waals surface area contributed by atoms with Crippen LogP contribution < -0.4 is 0 Å². The molecule has 0 atom stereocenters. The van der Waals surface area contributed by atoms with Gasteiger partial charge in [0, 0.05) is 159 Å². The first-order chi connectivity index (χ1) is 2.79. The molecule has 9 heavy (non-hydrogen) atoms. The molecule has 7 heteroatoms. The van der Waals surface area contributed by atoms with E-state index in [1.54, 1.807) is 6.92 Å². The minimum atomic E-state index is -1.71. The molecule has 1 rings (SSSR count). The van der Waals surface area contributed by atoms with E-state index in [4.69, 9.17) is 0 Å². The first-order valence-electron chi connectivity index (χ1n) is 1.60. The number of hydrogen-bond donors (Lipinski definition) is 0. The zero-order chi connectivity index (χ0) is 4.57. The van der Waals surface area contributed by atoms with Crippen LogP contribution in [0.5, 0.6) is 0 Å². The van der Waals surface area contributed by atoms with Gasteiger partial charge < -0.3 is 0 Å².